The van der Waals surface area contributed by atoms with Crippen LogP contribution in [0.2, 0.25) is 0 Å². The lowest BCUT2D eigenvalue weighted by Gasteiger charge is -2.03. The molecular formula is C7H9NO. The second-order valence-corrected chi connectivity index (χ2v) is 2.24. The van der Waals surface area contributed by atoms with Crippen LogP contribution in [0.1, 0.15) is 12.8 Å². The van der Waals surface area contributed by atoms with Crippen LogP contribution in [0.25, 0.3) is 0 Å². The minimum Gasteiger partial charge on any atom is -0.476 e. The SMILES string of the molecule is C1=CC2=C(CC1)OCN2. The Morgan fingerprint density at radius 3 is 3.44 bits per heavy atom. The first-order valence-electron chi connectivity index (χ1n) is 3.23. The summed E-state index contributed by atoms with van der Waals surface area (Å²) in [5.41, 5.74) is 1.18. The van der Waals surface area contributed by atoms with E-state index in [0.29, 0.717) is 6.73 Å². The lowest BCUT2D eigenvalue weighted by Crippen LogP contribution is -2.06. The molecule has 0 fully saturated rings. The average Bonchev–Trinajstić information content (AvgIpc) is 2.33. The first kappa shape index (κ1) is 4.91. The summed E-state index contributed by atoms with van der Waals surface area (Å²) in [6.07, 6.45) is 6.45. The van der Waals surface area contributed by atoms with Crippen molar-refractivity contribution in [2.75, 3.05) is 6.73 Å². The normalized spacial score (nSPS) is 23.1. The lowest BCUT2D eigenvalue weighted by atomic mass is 10.1. The van der Waals surface area contributed by atoms with Crippen molar-refractivity contribution in [1.82, 2.24) is 5.32 Å². The van der Waals surface area contributed by atoms with Crippen LogP contribution in [0.5, 0.6) is 0 Å². The van der Waals surface area contributed by atoms with E-state index in [1.54, 1.807) is 0 Å². The molecule has 0 aromatic heterocycles. The van der Waals surface area contributed by atoms with Gasteiger partial charge in [0.15, 0.2) is 6.73 Å². The van der Waals surface area contributed by atoms with Crippen LogP contribution in [0.4, 0.5) is 0 Å². The lowest BCUT2D eigenvalue weighted by molar-refractivity contribution is 0.223. The topological polar surface area (TPSA) is 21.3 Å². The third kappa shape index (κ3) is 0.707. The van der Waals surface area contributed by atoms with Crippen molar-refractivity contribution in [2.45, 2.75) is 12.8 Å². The van der Waals surface area contributed by atoms with Gasteiger partial charge < -0.3 is 10.1 Å². The van der Waals surface area contributed by atoms with Gasteiger partial charge in [-0.2, -0.15) is 0 Å². The van der Waals surface area contributed by atoms with Crippen molar-refractivity contribution in [3.63, 3.8) is 0 Å². The van der Waals surface area contributed by atoms with Gasteiger partial charge in [0.05, 0.1) is 5.70 Å². The molecule has 2 heteroatoms. The fourth-order valence-electron chi connectivity index (χ4n) is 1.15. The van der Waals surface area contributed by atoms with Gasteiger partial charge >= 0.3 is 0 Å². The predicted octanol–water partition coefficient (Wildman–Crippen LogP) is 1.13. The standard InChI is InChI=1S/C7H9NO/c1-2-4-7-6(3-1)8-5-9-7/h1,3,8H,2,4-5H2. The fourth-order valence-corrected chi connectivity index (χ4v) is 1.15. The molecule has 2 rings (SSSR count). The number of allylic oxidation sites excluding steroid dienone is 3. The Balaban J connectivity index is 2.28. The Bertz CT molecular complexity index is 181. The maximum absolute atomic E-state index is 5.27. The summed E-state index contributed by atoms with van der Waals surface area (Å²) in [6.45, 7) is 0.662. The quantitative estimate of drug-likeness (QED) is 0.521. The first-order valence-corrected chi connectivity index (χ1v) is 3.23. The molecule has 2 nitrogen and oxygen atoms in total. The molecule has 9 heavy (non-hydrogen) atoms. The zero-order chi connectivity index (χ0) is 6.10. The van der Waals surface area contributed by atoms with Gasteiger partial charge in [0.2, 0.25) is 0 Å². The van der Waals surface area contributed by atoms with Crippen LogP contribution in [-0.2, 0) is 4.74 Å². The van der Waals surface area contributed by atoms with Gasteiger partial charge in [-0.15, -0.1) is 0 Å². The molecule has 2 aliphatic rings. The molecule has 1 aliphatic carbocycles. The molecule has 0 amide bonds. The number of ether oxygens (including phenoxy) is 1. The predicted molar refractivity (Wildman–Crippen MR) is 34.5 cm³/mol. The van der Waals surface area contributed by atoms with E-state index in [-0.39, 0.29) is 0 Å². The highest BCUT2D eigenvalue weighted by molar-refractivity contribution is 5.26. The van der Waals surface area contributed by atoms with Crippen LogP contribution >= 0.6 is 0 Å². The zero-order valence-electron chi connectivity index (χ0n) is 5.18. The molecular weight excluding hydrogens is 114 g/mol. The molecule has 0 atom stereocenters. The summed E-state index contributed by atoms with van der Waals surface area (Å²) in [5, 5.41) is 3.13. The average molecular weight is 123 g/mol. The molecule has 0 bridgehead atoms. The van der Waals surface area contributed by atoms with E-state index in [1.165, 1.54) is 5.70 Å². The van der Waals surface area contributed by atoms with Crippen LogP contribution in [0.15, 0.2) is 23.6 Å². The van der Waals surface area contributed by atoms with Gasteiger partial charge in [0, 0.05) is 6.42 Å². The van der Waals surface area contributed by atoms with Crippen molar-refractivity contribution in [3.8, 4) is 0 Å². The fraction of sp³-hybridized carbons (Fsp3) is 0.429. The summed E-state index contributed by atoms with van der Waals surface area (Å²) in [4.78, 5) is 0. The third-order valence-electron chi connectivity index (χ3n) is 1.63. The maximum atomic E-state index is 5.27. The molecule has 1 aliphatic heterocycles. The Morgan fingerprint density at radius 1 is 1.56 bits per heavy atom. The molecule has 48 valence electrons. The third-order valence-corrected chi connectivity index (χ3v) is 1.63. The van der Waals surface area contributed by atoms with Crippen molar-refractivity contribution in [2.24, 2.45) is 0 Å². The summed E-state index contributed by atoms with van der Waals surface area (Å²) in [6, 6.07) is 0. The monoisotopic (exact) mass is 123 g/mol. The summed E-state index contributed by atoms with van der Waals surface area (Å²) in [7, 11) is 0. The Hall–Kier alpha value is -0.920. The number of rotatable bonds is 0. The second kappa shape index (κ2) is 1.79. The summed E-state index contributed by atoms with van der Waals surface area (Å²) < 4.78 is 5.27. The van der Waals surface area contributed by atoms with E-state index < -0.39 is 0 Å². The van der Waals surface area contributed by atoms with E-state index in [0.717, 1.165) is 18.6 Å². The number of hydrogen-bond acceptors (Lipinski definition) is 2. The zero-order valence-corrected chi connectivity index (χ0v) is 5.18. The molecule has 0 aromatic carbocycles. The highest BCUT2D eigenvalue weighted by Gasteiger charge is 2.13. The van der Waals surface area contributed by atoms with Crippen molar-refractivity contribution in [1.29, 1.82) is 0 Å². The highest BCUT2D eigenvalue weighted by atomic mass is 16.5. The van der Waals surface area contributed by atoms with Gasteiger partial charge in [0.25, 0.3) is 0 Å². The minimum absolute atomic E-state index is 0.662. The van der Waals surface area contributed by atoms with Crippen LogP contribution < -0.4 is 5.32 Å². The molecule has 1 N–H and O–H groups in total. The number of nitrogens with one attached hydrogen (secondary N) is 1. The molecule has 0 radical (unpaired) electrons. The van der Waals surface area contributed by atoms with Gasteiger partial charge in [0.1, 0.15) is 5.76 Å². The molecule has 0 saturated carbocycles. The molecule has 0 spiro atoms. The minimum atomic E-state index is 0.662. The van der Waals surface area contributed by atoms with E-state index in [1.807, 2.05) is 0 Å². The van der Waals surface area contributed by atoms with Crippen LogP contribution in [0, 0.1) is 0 Å². The Kier molecular flexibility index (Phi) is 0.979. The second-order valence-electron chi connectivity index (χ2n) is 2.24. The first-order chi connectivity index (χ1) is 4.47. The van der Waals surface area contributed by atoms with Gasteiger partial charge in [-0.3, -0.25) is 0 Å². The van der Waals surface area contributed by atoms with Crippen molar-refractivity contribution < 1.29 is 4.74 Å². The number of hydrogen-bond donors (Lipinski definition) is 1. The van der Waals surface area contributed by atoms with E-state index in [9.17, 15) is 0 Å². The van der Waals surface area contributed by atoms with E-state index in [2.05, 4.69) is 17.5 Å². The van der Waals surface area contributed by atoms with Crippen molar-refractivity contribution >= 4 is 0 Å². The van der Waals surface area contributed by atoms with E-state index >= 15 is 0 Å². The molecule has 0 saturated heterocycles. The molecule has 0 aromatic rings. The van der Waals surface area contributed by atoms with E-state index in [4.69, 9.17) is 4.74 Å². The van der Waals surface area contributed by atoms with Crippen LogP contribution in [-0.4, -0.2) is 6.73 Å². The molecule has 0 unspecified atom stereocenters. The summed E-state index contributed by atoms with van der Waals surface area (Å²) in [5.74, 6) is 1.14. The maximum Gasteiger partial charge on any atom is 0.158 e. The Labute approximate surface area is 54.2 Å². The smallest absolute Gasteiger partial charge is 0.158 e. The van der Waals surface area contributed by atoms with Crippen molar-refractivity contribution in [3.05, 3.63) is 23.6 Å². The van der Waals surface area contributed by atoms with Gasteiger partial charge in [-0.05, 0) is 12.5 Å². The summed E-state index contributed by atoms with van der Waals surface area (Å²) >= 11 is 0. The van der Waals surface area contributed by atoms with Gasteiger partial charge in [-0.1, -0.05) is 6.08 Å². The van der Waals surface area contributed by atoms with Gasteiger partial charge in [-0.25, -0.2) is 0 Å². The highest BCUT2D eigenvalue weighted by Crippen LogP contribution is 2.21. The Morgan fingerprint density at radius 2 is 2.56 bits per heavy atom. The largest absolute Gasteiger partial charge is 0.476 e. The molecule has 1 heterocycles. The van der Waals surface area contributed by atoms with Crippen LogP contribution in [0.3, 0.4) is 0 Å².